The van der Waals surface area contributed by atoms with Crippen molar-refractivity contribution in [1.82, 2.24) is 3.97 Å². The Morgan fingerprint density at radius 2 is 1.92 bits per heavy atom. The third-order valence-corrected chi connectivity index (χ3v) is 5.30. The molecule has 3 heteroatoms. The molecule has 3 rings (SSSR count). The quantitative estimate of drug-likeness (QED) is 0.503. The Morgan fingerprint density at radius 1 is 1.12 bits per heavy atom. The Kier molecular flexibility index (Phi) is 5.87. The van der Waals surface area contributed by atoms with Crippen LogP contribution < -0.4 is 5.32 Å². The van der Waals surface area contributed by atoms with Gasteiger partial charge in [0.1, 0.15) is 0 Å². The van der Waals surface area contributed by atoms with E-state index >= 15 is 0 Å². The monoisotopic (exact) mass is 350 g/mol. The van der Waals surface area contributed by atoms with Gasteiger partial charge in [0.15, 0.2) is 0 Å². The van der Waals surface area contributed by atoms with E-state index in [-0.39, 0.29) is 0 Å². The molecule has 0 saturated carbocycles. The lowest BCUT2D eigenvalue weighted by molar-refractivity contribution is 0.968. The number of anilines is 1. The minimum Gasteiger partial charge on any atom is -0.388 e. The van der Waals surface area contributed by atoms with Crippen molar-refractivity contribution in [2.24, 2.45) is 0 Å². The summed E-state index contributed by atoms with van der Waals surface area (Å²) in [6.07, 6.45) is 8.04. The van der Waals surface area contributed by atoms with Gasteiger partial charge in [-0.2, -0.15) is 0 Å². The number of nitrogens with zero attached hydrogens (tertiary/aromatic N) is 1. The van der Waals surface area contributed by atoms with Crippen LogP contribution in [-0.2, 0) is 0 Å². The average molecular weight is 351 g/mol. The minimum atomic E-state index is 1.07. The van der Waals surface area contributed by atoms with Gasteiger partial charge in [-0.1, -0.05) is 50.6 Å². The van der Waals surface area contributed by atoms with Crippen LogP contribution in [0.1, 0.15) is 38.7 Å². The van der Waals surface area contributed by atoms with Crippen LogP contribution in [0.25, 0.3) is 16.5 Å². The van der Waals surface area contributed by atoms with E-state index in [1.165, 1.54) is 33.4 Å². The second kappa shape index (κ2) is 8.30. The zero-order chi connectivity index (χ0) is 17.6. The fourth-order valence-electron chi connectivity index (χ4n) is 3.14. The highest BCUT2D eigenvalue weighted by molar-refractivity contribution is 7.98. The van der Waals surface area contributed by atoms with Crippen molar-refractivity contribution >= 4 is 34.1 Å². The van der Waals surface area contributed by atoms with Crippen molar-refractivity contribution in [3.05, 3.63) is 66.4 Å². The van der Waals surface area contributed by atoms with Crippen LogP contribution in [0, 0.1) is 0 Å². The van der Waals surface area contributed by atoms with Gasteiger partial charge in [-0.05, 0) is 54.6 Å². The molecule has 25 heavy (non-hydrogen) atoms. The van der Waals surface area contributed by atoms with Gasteiger partial charge in [0, 0.05) is 34.8 Å². The number of nitrogens with one attached hydrogen (secondary N) is 1. The Labute approximate surface area is 155 Å². The number of rotatable bonds is 7. The van der Waals surface area contributed by atoms with E-state index in [0.29, 0.717) is 0 Å². The highest BCUT2D eigenvalue weighted by atomic mass is 32.2. The summed E-state index contributed by atoms with van der Waals surface area (Å²) in [7, 11) is 1.97. The zero-order valence-corrected chi connectivity index (χ0v) is 16.1. The van der Waals surface area contributed by atoms with Crippen LogP contribution in [-0.4, -0.2) is 11.0 Å². The number of hydrogen-bond donors (Lipinski definition) is 1. The summed E-state index contributed by atoms with van der Waals surface area (Å²) in [5.74, 6) is 0. The predicted octanol–water partition coefficient (Wildman–Crippen LogP) is 6.83. The molecule has 0 spiro atoms. The van der Waals surface area contributed by atoms with E-state index in [1.54, 1.807) is 11.9 Å². The number of allylic oxidation sites excluding steroid dienone is 2. The highest BCUT2D eigenvalue weighted by Crippen LogP contribution is 2.35. The molecule has 1 N–H and O–H groups in total. The standard InChI is InChI=1S/C22H26N2S/c1-4-9-17(10-5-2)21-16-24(25-19-11-7-6-8-12-19)22-15-18(23-3)13-14-20(21)22/h6-9,11-16,23H,4-5,10H2,1-3H3/b17-9+. The van der Waals surface area contributed by atoms with Crippen LogP contribution in [0.2, 0.25) is 0 Å². The van der Waals surface area contributed by atoms with Gasteiger partial charge >= 0.3 is 0 Å². The van der Waals surface area contributed by atoms with Crippen LogP contribution in [0.5, 0.6) is 0 Å². The largest absolute Gasteiger partial charge is 0.388 e. The van der Waals surface area contributed by atoms with Gasteiger partial charge in [-0.25, -0.2) is 0 Å². The molecule has 0 radical (unpaired) electrons. The summed E-state index contributed by atoms with van der Waals surface area (Å²) in [6, 6.07) is 17.2. The molecule has 0 unspecified atom stereocenters. The van der Waals surface area contributed by atoms with Crippen LogP contribution in [0.15, 0.2) is 65.7 Å². The molecule has 0 atom stereocenters. The topological polar surface area (TPSA) is 17.0 Å². The fourth-order valence-corrected chi connectivity index (χ4v) is 4.06. The average Bonchev–Trinajstić information content (AvgIpc) is 3.00. The van der Waals surface area contributed by atoms with Gasteiger partial charge in [-0.15, -0.1) is 0 Å². The maximum absolute atomic E-state index is 3.26. The molecule has 1 heterocycles. The maximum atomic E-state index is 3.26. The Morgan fingerprint density at radius 3 is 2.60 bits per heavy atom. The fraction of sp³-hybridized carbons (Fsp3) is 0.273. The minimum absolute atomic E-state index is 1.07. The lowest BCUT2D eigenvalue weighted by Crippen LogP contribution is -1.89. The molecule has 0 saturated heterocycles. The van der Waals surface area contributed by atoms with Crippen molar-refractivity contribution in [1.29, 1.82) is 0 Å². The molecule has 130 valence electrons. The summed E-state index contributed by atoms with van der Waals surface area (Å²) in [5.41, 5.74) is 5.22. The lowest BCUT2D eigenvalue weighted by atomic mass is 9.99. The third kappa shape index (κ3) is 3.93. The number of benzene rings is 2. The molecule has 3 aromatic rings. The van der Waals surface area contributed by atoms with Crippen molar-refractivity contribution in [3.8, 4) is 0 Å². The van der Waals surface area contributed by atoms with Gasteiger partial charge in [0.2, 0.25) is 0 Å². The van der Waals surface area contributed by atoms with Crippen molar-refractivity contribution in [2.45, 2.75) is 38.0 Å². The Balaban J connectivity index is 2.13. The van der Waals surface area contributed by atoms with E-state index in [2.05, 4.69) is 83.9 Å². The van der Waals surface area contributed by atoms with E-state index in [1.807, 2.05) is 7.05 Å². The molecular formula is C22H26N2S. The van der Waals surface area contributed by atoms with Crippen molar-refractivity contribution in [2.75, 3.05) is 12.4 Å². The van der Waals surface area contributed by atoms with Crippen molar-refractivity contribution < 1.29 is 0 Å². The van der Waals surface area contributed by atoms with Gasteiger partial charge in [0.05, 0.1) is 5.52 Å². The van der Waals surface area contributed by atoms with E-state index < -0.39 is 0 Å². The summed E-state index contributed by atoms with van der Waals surface area (Å²) < 4.78 is 2.31. The number of fused-ring (bicyclic) bond motifs is 1. The van der Waals surface area contributed by atoms with Gasteiger partial charge in [0.25, 0.3) is 0 Å². The molecule has 0 bridgehead atoms. The Bertz CT molecular complexity index is 862. The first-order valence-corrected chi connectivity index (χ1v) is 9.79. The first-order valence-electron chi connectivity index (χ1n) is 9.02. The molecule has 0 aliphatic rings. The lowest BCUT2D eigenvalue weighted by Gasteiger charge is -2.06. The van der Waals surface area contributed by atoms with Crippen LogP contribution >= 0.6 is 11.9 Å². The van der Waals surface area contributed by atoms with E-state index in [9.17, 15) is 0 Å². The summed E-state index contributed by atoms with van der Waals surface area (Å²) in [4.78, 5) is 1.25. The molecule has 1 aromatic heterocycles. The molecule has 0 aliphatic heterocycles. The second-order valence-electron chi connectivity index (χ2n) is 6.14. The normalized spacial score (nSPS) is 11.9. The summed E-state index contributed by atoms with van der Waals surface area (Å²) >= 11 is 1.77. The molecule has 0 amide bonds. The number of hydrogen-bond acceptors (Lipinski definition) is 2. The van der Waals surface area contributed by atoms with Crippen LogP contribution in [0.3, 0.4) is 0 Å². The first-order chi connectivity index (χ1) is 12.3. The highest BCUT2D eigenvalue weighted by Gasteiger charge is 2.13. The zero-order valence-electron chi connectivity index (χ0n) is 15.3. The van der Waals surface area contributed by atoms with Crippen molar-refractivity contribution in [3.63, 3.8) is 0 Å². The van der Waals surface area contributed by atoms with E-state index in [0.717, 1.165) is 18.5 Å². The molecule has 0 aliphatic carbocycles. The van der Waals surface area contributed by atoms with E-state index in [4.69, 9.17) is 0 Å². The molecule has 2 nitrogen and oxygen atoms in total. The smallest absolute Gasteiger partial charge is 0.0621 e. The maximum Gasteiger partial charge on any atom is 0.0621 e. The molecule has 2 aromatic carbocycles. The SMILES string of the molecule is CC/C=C(\CCC)c1cn(Sc2ccccc2)c2cc(NC)ccc12. The Hall–Kier alpha value is -2.13. The van der Waals surface area contributed by atoms with Crippen LogP contribution in [0.4, 0.5) is 5.69 Å². The predicted molar refractivity (Wildman–Crippen MR) is 112 cm³/mol. The first kappa shape index (κ1) is 17.7. The molecular weight excluding hydrogens is 324 g/mol. The summed E-state index contributed by atoms with van der Waals surface area (Å²) in [6.45, 7) is 4.47. The number of aromatic nitrogens is 1. The molecule has 0 fully saturated rings. The van der Waals surface area contributed by atoms with Gasteiger partial charge in [-0.3, -0.25) is 3.97 Å². The third-order valence-electron chi connectivity index (χ3n) is 4.32. The second-order valence-corrected chi connectivity index (χ2v) is 7.19. The van der Waals surface area contributed by atoms with Gasteiger partial charge < -0.3 is 5.32 Å². The summed E-state index contributed by atoms with van der Waals surface area (Å²) in [5, 5.41) is 4.59.